The number of nitrogens with zero attached hydrogens (tertiary/aromatic N) is 3. The van der Waals surface area contributed by atoms with Gasteiger partial charge in [-0.05, 0) is 50.6 Å². The molecule has 1 aliphatic rings. The van der Waals surface area contributed by atoms with E-state index in [0.29, 0.717) is 29.0 Å². The highest BCUT2D eigenvalue weighted by atomic mass is 35.5. The molecule has 0 aliphatic carbocycles. The van der Waals surface area contributed by atoms with Crippen molar-refractivity contribution in [2.24, 2.45) is 5.92 Å². The van der Waals surface area contributed by atoms with Crippen molar-refractivity contribution < 1.29 is 4.79 Å². The van der Waals surface area contributed by atoms with Crippen molar-refractivity contribution in [3.05, 3.63) is 28.8 Å². The van der Waals surface area contributed by atoms with Gasteiger partial charge >= 0.3 is 0 Å². The lowest BCUT2D eigenvalue weighted by atomic mass is 10.1. The van der Waals surface area contributed by atoms with Gasteiger partial charge in [-0.25, -0.2) is 0 Å². The largest absolute Gasteiger partial charge is 0.367 e. The predicted molar refractivity (Wildman–Crippen MR) is 105 cm³/mol. The van der Waals surface area contributed by atoms with Gasteiger partial charge in [-0.15, -0.1) is 0 Å². The number of hydrogen-bond acceptors (Lipinski definition) is 4. The van der Waals surface area contributed by atoms with Crippen molar-refractivity contribution in [3.8, 4) is 6.07 Å². The second-order valence-electron chi connectivity index (χ2n) is 6.93. The molecule has 2 rings (SSSR count). The fourth-order valence-electron chi connectivity index (χ4n) is 2.86. The quantitative estimate of drug-likeness (QED) is 0.704. The van der Waals surface area contributed by atoms with Gasteiger partial charge in [0, 0.05) is 31.2 Å². The molecule has 1 heterocycles. The topological polar surface area (TPSA) is 47.3 Å². The molecule has 1 unspecified atom stereocenters. The van der Waals surface area contributed by atoms with Gasteiger partial charge in [0.15, 0.2) is 0 Å². The molecule has 1 aromatic carbocycles. The maximum atomic E-state index is 9.17. The summed E-state index contributed by atoms with van der Waals surface area (Å²) in [4.78, 5) is 14.0. The summed E-state index contributed by atoms with van der Waals surface area (Å²) in [6, 6.07) is 8.48. The van der Waals surface area contributed by atoms with Gasteiger partial charge in [0.2, 0.25) is 0 Å². The SMILES string of the molecule is CC(C)CCN(c1ccc(C#N)c(Cl)c1)C1CCN(C)C1.CCC=O. The zero-order chi connectivity index (χ0) is 18.8. The minimum atomic E-state index is 0.540. The molecule has 0 spiro atoms. The summed E-state index contributed by atoms with van der Waals surface area (Å²) >= 11 is 6.21. The number of anilines is 1. The predicted octanol–water partition coefficient (Wildman–Crippen LogP) is 4.36. The van der Waals surface area contributed by atoms with Gasteiger partial charge in [-0.1, -0.05) is 32.4 Å². The van der Waals surface area contributed by atoms with Crippen LogP contribution in [0.2, 0.25) is 5.02 Å². The monoisotopic (exact) mass is 363 g/mol. The van der Waals surface area contributed by atoms with Crippen molar-refractivity contribution in [2.45, 2.75) is 46.1 Å². The highest BCUT2D eigenvalue weighted by Gasteiger charge is 2.26. The van der Waals surface area contributed by atoms with Gasteiger partial charge in [-0.3, -0.25) is 0 Å². The Hall–Kier alpha value is -1.57. The lowest BCUT2D eigenvalue weighted by Gasteiger charge is -2.32. The molecular weight excluding hydrogens is 334 g/mol. The van der Waals surface area contributed by atoms with Crippen molar-refractivity contribution in [1.82, 2.24) is 4.90 Å². The number of benzene rings is 1. The number of hydrogen-bond donors (Lipinski definition) is 0. The molecule has 0 aromatic heterocycles. The van der Waals surface area contributed by atoms with E-state index in [0.717, 1.165) is 38.0 Å². The standard InChI is InChI=1S/C17H24ClN3.C3H6O/c1-13(2)6-9-21(16-7-8-20(3)12-16)15-5-4-14(11-19)17(18)10-15;1-2-3-4/h4-5,10,13,16H,6-9,12H2,1-3H3;3H,2H2,1H3. The van der Waals surface area contributed by atoms with Crippen molar-refractivity contribution in [3.63, 3.8) is 0 Å². The van der Waals surface area contributed by atoms with E-state index < -0.39 is 0 Å². The van der Waals surface area contributed by atoms with E-state index in [9.17, 15) is 4.79 Å². The van der Waals surface area contributed by atoms with Gasteiger partial charge in [0.1, 0.15) is 12.4 Å². The van der Waals surface area contributed by atoms with Crippen LogP contribution in [0, 0.1) is 17.2 Å². The van der Waals surface area contributed by atoms with Crippen LogP contribution in [0.5, 0.6) is 0 Å². The summed E-state index contributed by atoms with van der Waals surface area (Å²) in [5.41, 5.74) is 1.69. The number of nitriles is 1. The van der Waals surface area contributed by atoms with Crippen molar-refractivity contribution in [2.75, 3.05) is 31.6 Å². The third-order valence-corrected chi connectivity index (χ3v) is 4.64. The molecule has 1 aromatic rings. The van der Waals surface area contributed by atoms with Crippen LogP contribution < -0.4 is 4.90 Å². The average molecular weight is 364 g/mol. The Morgan fingerprint density at radius 1 is 1.48 bits per heavy atom. The Labute approximate surface area is 157 Å². The fourth-order valence-corrected chi connectivity index (χ4v) is 3.08. The van der Waals surface area contributed by atoms with E-state index in [2.05, 4.69) is 36.8 Å². The van der Waals surface area contributed by atoms with Crippen LogP contribution in [0.1, 0.15) is 45.6 Å². The molecule has 0 saturated carbocycles. The van der Waals surface area contributed by atoms with Crippen molar-refractivity contribution >= 4 is 23.6 Å². The minimum Gasteiger partial charge on any atom is -0.367 e. The molecular formula is C20H30ClN3O. The molecule has 1 saturated heterocycles. The zero-order valence-corrected chi connectivity index (χ0v) is 16.6. The van der Waals surface area contributed by atoms with E-state index in [-0.39, 0.29) is 0 Å². The van der Waals surface area contributed by atoms with Crippen molar-refractivity contribution in [1.29, 1.82) is 5.26 Å². The van der Waals surface area contributed by atoms with Crippen LogP contribution in [0.4, 0.5) is 5.69 Å². The number of likely N-dealkylation sites (N-methyl/N-ethyl adjacent to an activating group) is 1. The summed E-state index contributed by atoms with van der Waals surface area (Å²) in [7, 11) is 2.17. The highest BCUT2D eigenvalue weighted by molar-refractivity contribution is 6.32. The normalized spacial score (nSPS) is 16.9. The first-order valence-electron chi connectivity index (χ1n) is 9.01. The van der Waals surface area contributed by atoms with Gasteiger partial charge < -0.3 is 14.6 Å². The molecule has 5 heteroatoms. The third kappa shape index (κ3) is 7.05. The van der Waals surface area contributed by atoms with E-state index >= 15 is 0 Å². The van der Waals surface area contributed by atoms with E-state index in [1.807, 2.05) is 25.1 Å². The smallest absolute Gasteiger partial charge is 0.119 e. The summed E-state index contributed by atoms with van der Waals surface area (Å²) < 4.78 is 0. The lowest BCUT2D eigenvalue weighted by molar-refractivity contribution is -0.107. The molecule has 0 N–H and O–H groups in total. The first-order valence-corrected chi connectivity index (χ1v) is 9.39. The summed E-state index contributed by atoms with van der Waals surface area (Å²) in [6.45, 7) is 9.60. The lowest BCUT2D eigenvalue weighted by Crippen LogP contribution is -2.38. The van der Waals surface area contributed by atoms with E-state index in [1.54, 1.807) is 0 Å². The Kier molecular flexibility index (Phi) is 9.55. The van der Waals surface area contributed by atoms with Gasteiger partial charge in [0.25, 0.3) is 0 Å². The molecule has 0 bridgehead atoms. The number of likely N-dealkylation sites (tertiary alicyclic amines) is 1. The molecule has 1 aliphatic heterocycles. The highest BCUT2D eigenvalue weighted by Crippen LogP contribution is 2.28. The number of rotatable bonds is 6. The van der Waals surface area contributed by atoms with E-state index in [1.165, 1.54) is 6.42 Å². The molecule has 138 valence electrons. The Morgan fingerprint density at radius 2 is 2.16 bits per heavy atom. The van der Waals surface area contributed by atoms with Crippen LogP contribution in [0.25, 0.3) is 0 Å². The number of carbonyl (C=O) groups excluding carboxylic acids is 1. The average Bonchev–Trinajstić information content (AvgIpc) is 3.01. The Bertz CT molecular complexity index is 583. The molecule has 4 nitrogen and oxygen atoms in total. The zero-order valence-electron chi connectivity index (χ0n) is 15.8. The van der Waals surface area contributed by atoms with Crippen LogP contribution in [-0.4, -0.2) is 43.9 Å². The first-order chi connectivity index (χ1) is 11.9. The summed E-state index contributed by atoms with van der Waals surface area (Å²) in [5, 5.41) is 9.57. The van der Waals surface area contributed by atoms with Crippen LogP contribution in [0.3, 0.4) is 0 Å². The number of aldehydes is 1. The first kappa shape index (κ1) is 21.5. The minimum absolute atomic E-state index is 0.540. The Balaban J connectivity index is 0.000000705. The fraction of sp³-hybridized carbons (Fsp3) is 0.600. The molecule has 1 fully saturated rings. The molecule has 0 radical (unpaired) electrons. The molecule has 25 heavy (non-hydrogen) atoms. The van der Waals surface area contributed by atoms with Crippen LogP contribution in [-0.2, 0) is 4.79 Å². The Morgan fingerprint density at radius 3 is 2.60 bits per heavy atom. The maximum Gasteiger partial charge on any atom is 0.119 e. The summed E-state index contributed by atoms with van der Waals surface area (Å²) in [6.07, 6.45) is 3.87. The third-order valence-electron chi connectivity index (χ3n) is 4.33. The summed E-state index contributed by atoms with van der Waals surface area (Å²) in [5.74, 6) is 0.681. The van der Waals surface area contributed by atoms with Crippen LogP contribution in [0.15, 0.2) is 18.2 Å². The van der Waals surface area contributed by atoms with Gasteiger partial charge in [0.05, 0.1) is 10.6 Å². The molecule has 0 amide bonds. The number of carbonyl (C=O) groups is 1. The van der Waals surface area contributed by atoms with E-state index in [4.69, 9.17) is 16.9 Å². The second kappa shape index (κ2) is 11.1. The molecule has 1 atom stereocenters. The maximum absolute atomic E-state index is 9.17. The number of halogens is 1. The van der Waals surface area contributed by atoms with Crippen LogP contribution >= 0.6 is 11.6 Å². The van der Waals surface area contributed by atoms with Gasteiger partial charge in [-0.2, -0.15) is 5.26 Å². The second-order valence-corrected chi connectivity index (χ2v) is 7.34.